The summed E-state index contributed by atoms with van der Waals surface area (Å²) in [5, 5.41) is 48.9. The van der Waals surface area contributed by atoms with E-state index in [-0.39, 0.29) is 26.2 Å². The van der Waals surface area contributed by atoms with E-state index in [0.717, 1.165) is 0 Å². The van der Waals surface area contributed by atoms with Crippen molar-refractivity contribution in [2.45, 2.75) is 0 Å². The van der Waals surface area contributed by atoms with Gasteiger partial charge in [0, 0.05) is 6.07 Å². The van der Waals surface area contributed by atoms with E-state index in [0.29, 0.717) is 6.07 Å². The van der Waals surface area contributed by atoms with E-state index in [1.807, 2.05) is 0 Å². The number of quaternary nitrogens is 2. The summed E-state index contributed by atoms with van der Waals surface area (Å²) in [5.74, 6) is -9.16. The summed E-state index contributed by atoms with van der Waals surface area (Å²) in [7, 11) is 5.20. The average Bonchev–Trinajstić information content (AvgIpc) is 2.71. The van der Waals surface area contributed by atoms with Crippen molar-refractivity contribution >= 4 is 22.9 Å². The number of carbonyl (C=O) groups is 2. The minimum atomic E-state index is -1.57. The predicted molar refractivity (Wildman–Crippen MR) is 121 cm³/mol. The lowest BCUT2D eigenvalue weighted by atomic mass is 9.80. The molecule has 0 aliphatic heterocycles. The van der Waals surface area contributed by atoms with Gasteiger partial charge in [-0.25, -0.2) is 13.2 Å². The smallest absolute Gasteiger partial charge is 0.200 e. The molecule has 0 unspecified atom stereocenters. The first kappa shape index (κ1) is 26.2. The molecule has 0 atom stereocenters. The summed E-state index contributed by atoms with van der Waals surface area (Å²) in [5.41, 5.74) is -4.56. The van der Waals surface area contributed by atoms with Crippen molar-refractivity contribution < 1.29 is 42.3 Å². The molecule has 13 heteroatoms. The average molecular weight is 498 g/mol. The number of nitrogens with one attached hydrogen (secondary N) is 2. The molecule has 0 radical (unpaired) electrons. The van der Waals surface area contributed by atoms with Gasteiger partial charge < -0.3 is 40.6 Å². The number of phenols is 2. The number of hydrogen-bond acceptors (Lipinski definition) is 8. The van der Waals surface area contributed by atoms with Gasteiger partial charge in [0.15, 0.2) is 23.2 Å². The van der Waals surface area contributed by atoms with Gasteiger partial charge in [-0.3, -0.25) is 9.59 Å². The Morgan fingerprint density at radius 2 is 1.17 bits per heavy atom. The van der Waals surface area contributed by atoms with Crippen molar-refractivity contribution in [3.8, 4) is 11.5 Å². The van der Waals surface area contributed by atoms with Crippen LogP contribution in [-0.4, -0.2) is 85.4 Å². The molecule has 1 aliphatic carbocycles. The molecular formula is C22H25F3N4O6. The van der Waals surface area contributed by atoms with Crippen LogP contribution in [0, 0.1) is 27.9 Å². The molecule has 0 aromatic heterocycles. The fourth-order valence-electron chi connectivity index (χ4n) is 3.70. The third-order valence-electron chi connectivity index (χ3n) is 5.43. The predicted octanol–water partition coefficient (Wildman–Crippen LogP) is 2.26. The number of anilines is 2. The number of halogens is 3. The number of ketones is 2. The molecule has 0 saturated carbocycles. The molecule has 10 nitrogen and oxygen atoms in total. The molecule has 1 aliphatic rings. The molecule has 35 heavy (non-hydrogen) atoms. The van der Waals surface area contributed by atoms with Crippen molar-refractivity contribution in [2.24, 2.45) is 0 Å². The zero-order valence-electron chi connectivity index (χ0n) is 19.5. The van der Waals surface area contributed by atoms with Gasteiger partial charge in [-0.15, -0.1) is 0 Å². The van der Waals surface area contributed by atoms with Gasteiger partial charge in [0.1, 0.15) is 5.75 Å². The van der Waals surface area contributed by atoms with Crippen molar-refractivity contribution in [2.75, 3.05) is 65.0 Å². The molecule has 0 saturated heterocycles. The topological polar surface area (TPSA) is 145 Å². The number of hydrogen-bond donors (Lipinski definition) is 4. The zero-order valence-corrected chi connectivity index (χ0v) is 19.5. The monoisotopic (exact) mass is 498 g/mol. The van der Waals surface area contributed by atoms with Crippen LogP contribution in [0.3, 0.4) is 0 Å². The lowest BCUT2D eigenvalue weighted by Gasteiger charge is -2.34. The first-order valence-corrected chi connectivity index (χ1v) is 10.5. The van der Waals surface area contributed by atoms with E-state index in [9.17, 15) is 34.6 Å². The summed E-state index contributed by atoms with van der Waals surface area (Å²) in [6, 6.07) is 0.419. The number of rotatable bonds is 8. The van der Waals surface area contributed by atoms with Crippen LogP contribution in [0.1, 0.15) is 31.8 Å². The fraction of sp³-hybridized carbons (Fsp3) is 0.364. The maximum Gasteiger partial charge on any atom is 0.200 e. The second-order valence-corrected chi connectivity index (χ2v) is 9.21. The first-order valence-electron chi connectivity index (χ1n) is 10.5. The quantitative estimate of drug-likeness (QED) is 0.210. The standard InChI is InChI=1S/C22H25F3N4O6/c1-28(2,34)7-5-26-18-13-14(19(17(25)16(18)24)27-6-8-29(3,4)35)22(33)15-12(21(13)32)11(30)9-10(23)20(15)31/h9,26-27,30-31H,5-8H2,1-4H3. The number of benzene rings is 2. The van der Waals surface area contributed by atoms with Gasteiger partial charge in [-0.2, -0.15) is 0 Å². The summed E-state index contributed by atoms with van der Waals surface area (Å²) in [6.07, 6.45) is 0. The highest BCUT2D eigenvalue weighted by Gasteiger charge is 2.42. The SMILES string of the molecule is C[N+](C)([O-])CCNc1c(F)c(F)c(NCC[N+](C)(C)[O-])c2c1C(=O)c1c(O)cc(F)c(O)c1C2=O. The van der Waals surface area contributed by atoms with Gasteiger partial charge in [-0.1, -0.05) is 0 Å². The molecule has 190 valence electrons. The Morgan fingerprint density at radius 3 is 1.57 bits per heavy atom. The molecule has 2 aromatic rings. The first-order chi connectivity index (χ1) is 16.0. The van der Waals surface area contributed by atoms with Crippen LogP contribution in [0.4, 0.5) is 24.5 Å². The molecule has 0 amide bonds. The molecule has 0 bridgehead atoms. The Balaban J connectivity index is 2.25. The van der Waals surface area contributed by atoms with E-state index in [4.69, 9.17) is 0 Å². The molecule has 0 heterocycles. The molecular weight excluding hydrogens is 473 g/mol. The van der Waals surface area contributed by atoms with E-state index < -0.39 is 83.4 Å². The third kappa shape index (κ3) is 5.03. The number of fused-ring (bicyclic) bond motifs is 2. The summed E-state index contributed by atoms with van der Waals surface area (Å²) >= 11 is 0. The van der Waals surface area contributed by atoms with Crippen LogP contribution in [-0.2, 0) is 0 Å². The van der Waals surface area contributed by atoms with E-state index in [1.165, 1.54) is 28.2 Å². The van der Waals surface area contributed by atoms with E-state index in [2.05, 4.69) is 10.6 Å². The van der Waals surface area contributed by atoms with Crippen LogP contribution in [0.15, 0.2) is 6.07 Å². The Kier molecular flexibility index (Phi) is 6.74. The number of likely N-dealkylation sites (N-methyl/N-ethyl adjacent to an activating group) is 2. The van der Waals surface area contributed by atoms with E-state index >= 15 is 8.78 Å². The van der Waals surface area contributed by atoms with Crippen molar-refractivity contribution in [1.29, 1.82) is 0 Å². The van der Waals surface area contributed by atoms with Crippen LogP contribution >= 0.6 is 0 Å². The van der Waals surface area contributed by atoms with Crippen LogP contribution in [0.2, 0.25) is 0 Å². The lowest BCUT2D eigenvalue weighted by molar-refractivity contribution is -0.838. The number of aromatic hydroxyl groups is 2. The Hall–Kier alpha value is -3.39. The third-order valence-corrected chi connectivity index (χ3v) is 5.43. The van der Waals surface area contributed by atoms with Crippen molar-refractivity contribution in [1.82, 2.24) is 0 Å². The Morgan fingerprint density at radius 1 is 0.771 bits per heavy atom. The van der Waals surface area contributed by atoms with Gasteiger partial charge in [0.2, 0.25) is 11.6 Å². The Bertz CT molecular complexity index is 1220. The van der Waals surface area contributed by atoms with Crippen LogP contribution in [0.5, 0.6) is 11.5 Å². The van der Waals surface area contributed by atoms with Gasteiger partial charge in [-0.05, 0) is 0 Å². The molecule has 4 N–H and O–H groups in total. The van der Waals surface area contributed by atoms with E-state index in [1.54, 1.807) is 0 Å². The second kappa shape index (κ2) is 9.00. The second-order valence-electron chi connectivity index (χ2n) is 9.21. The summed E-state index contributed by atoms with van der Waals surface area (Å²) in [6.45, 7) is -0.709. The maximum atomic E-state index is 15.2. The lowest BCUT2D eigenvalue weighted by Crippen LogP contribution is -2.38. The summed E-state index contributed by atoms with van der Waals surface area (Å²) < 4.78 is 42.8. The van der Waals surface area contributed by atoms with Crippen molar-refractivity contribution in [3.63, 3.8) is 0 Å². The van der Waals surface area contributed by atoms with Crippen LogP contribution < -0.4 is 10.6 Å². The number of nitrogens with zero attached hydrogens (tertiary/aromatic N) is 2. The number of hydroxylamine groups is 6. The molecule has 2 aromatic carbocycles. The highest BCUT2D eigenvalue weighted by molar-refractivity contribution is 6.33. The number of carbonyl (C=O) groups excluding carboxylic acids is 2. The number of phenolic OH excluding ortho intramolecular Hbond substituents is 2. The highest BCUT2D eigenvalue weighted by Crippen LogP contribution is 2.45. The largest absolute Gasteiger partial charge is 0.633 e. The fourth-order valence-corrected chi connectivity index (χ4v) is 3.70. The van der Waals surface area contributed by atoms with Crippen LogP contribution in [0.25, 0.3) is 0 Å². The molecule has 0 spiro atoms. The normalized spacial score (nSPS) is 13.5. The minimum Gasteiger partial charge on any atom is -0.633 e. The minimum absolute atomic E-state index is 0.123. The molecule has 0 fully saturated rings. The zero-order chi connectivity index (χ0) is 26.5. The molecule has 3 rings (SSSR count). The van der Waals surface area contributed by atoms with Gasteiger partial charge in [0.05, 0.1) is 88.0 Å². The Labute approximate surface area is 198 Å². The summed E-state index contributed by atoms with van der Waals surface area (Å²) in [4.78, 5) is 26.7. The maximum absolute atomic E-state index is 15.2. The highest BCUT2D eigenvalue weighted by atomic mass is 19.2. The van der Waals surface area contributed by atoms with Crippen molar-refractivity contribution in [3.05, 3.63) is 56.2 Å². The van der Waals surface area contributed by atoms with Gasteiger partial charge >= 0.3 is 0 Å². The van der Waals surface area contributed by atoms with Gasteiger partial charge in [0.25, 0.3) is 0 Å².